The highest BCUT2D eigenvalue weighted by molar-refractivity contribution is 5.68. The lowest BCUT2D eigenvalue weighted by molar-refractivity contribution is 0.0106. The molecule has 2 N–H and O–H groups in total. The van der Waals surface area contributed by atoms with E-state index in [1.807, 2.05) is 39.0 Å². The summed E-state index contributed by atoms with van der Waals surface area (Å²) in [6.45, 7) is 9.24. The number of piperazine rings is 1. The maximum Gasteiger partial charge on any atom is 0.410 e. The van der Waals surface area contributed by atoms with Gasteiger partial charge in [-0.2, -0.15) is 0 Å². The molecule has 0 radical (unpaired) electrons. The third-order valence-corrected chi connectivity index (χ3v) is 3.81. The largest absolute Gasteiger partial charge is 0.444 e. The summed E-state index contributed by atoms with van der Waals surface area (Å²) in [6, 6.07) is 10.5. The van der Waals surface area contributed by atoms with E-state index < -0.39 is 5.60 Å². The zero-order valence-corrected chi connectivity index (χ0v) is 13.8. The predicted molar refractivity (Wildman–Crippen MR) is 87.6 cm³/mol. The van der Waals surface area contributed by atoms with Crippen LogP contribution in [0, 0.1) is 0 Å². The lowest BCUT2D eigenvalue weighted by Crippen LogP contribution is -2.51. The number of ether oxygens (including phenoxy) is 1. The maximum atomic E-state index is 12.1. The number of benzene rings is 1. The van der Waals surface area contributed by atoms with Crippen LogP contribution in [0.1, 0.15) is 32.4 Å². The molecule has 0 aliphatic carbocycles. The van der Waals surface area contributed by atoms with Gasteiger partial charge in [-0.3, -0.25) is 4.90 Å². The molecular weight excluding hydrogens is 278 g/mol. The second-order valence-corrected chi connectivity index (χ2v) is 6.67. The molecule has 0 saturated carbocycles. The summed E-state index contributed by atoms with van der Waals surface area (Å²) in [5, 5.41) is 0. The van der Waals surface area contributed by atoms with Crippen molar-refractivity contribution in [2.45, 2.75) is 32.4 Å². The van der Waals surface area contributed by atoms with E-state index in [1.54, 1.807) is 4.90 Å². The number of hydrogen-bond donors (Lipinski definition) is 1. The average Bonchev–Trinajstić information content (AvgIpc) is 2.48. The number of amides is 1. The van der Waals surface area contributed by atoms with Crippen LogP contribution >= 0.6 is 0 Å². The van der Waals surface area contributed by atoms with Gasteiger partial charge in [0.1, 0.15) is 5.60 Å². The Hall–Kier alpha value is -1.59. The van der Waals surface area contributed by atoms with Crippen molar-refractivity contribution in [3.05, 3.63) is 35.9 Å². The minimum absolute atomic E-state index is 0.210. The van der Waals surface area contributed by atoms with Crippen molar-refractivity contribution in [3.8, 4) is 0 Å². The smallest absolute Gasteiger partial charge is 0.410 e. The van der Waals surface area contributed by atoms with E-state index in [0.29, 0.717) is 19.6 Å². The van der Waals surface area contributed by atoms with E-state index in [0.717, 1.165) is 13.1 Å². The molecule has 0 aromatic heterocycles. The molecular formula is C17H27N3O2. The zero-order valence-electron chi connectivity index (χ0n) is 13.8. The van der Waals surface area contributed by atoms with Gasteiger partial charge in [0.25, 0.3) is 0 Å². The van der Waals surface area contributed by atoms with Crippen molar-refractivity contribution in [1.82, 2.24) is 9.80 Å². The quantitative estimate of drug-likeness (QED) is 0.930. The fourth-order valence-corrected chi connectivity index (χ4v) is 2.71. The second-order valence-electron chi connectivity index (χ2n) is 6.67. The van der Waals surface area contributed by atoms with E-state index in [1.165, 1.54) is 5.56 Å². The van der Waals surface area contributed by atoms with Gasteiger partial charge in [-0.15, -0.1) is 0 Å². The number of nitrogens with zero attached hydrogens (tertiary/aromatic N) is 2. The van der Waals surface area contributed by atoms with E-state index >= 15 is 0 Å². The Morgan fingerprint density at radius 3 is 2.27 bits per heavy atom. The first kappa shape index (κ1) is 16.8. The van der Waals surface area contributed by atoms with Crippen LogP contribution in [0.2, 0.25) is 0 Å². The first-order valence-corrected chi connectivity index (χ1v) is 7.87. The molecule has 0 unspecified atom stereocenters. The molecule has 5 heteroatoms. The maximum absolute atomic E-state index is 12.1. The van der Waals surface area contributed by atoms with E-state index in [4.69, 9.17) is 10.5 Å². The minimum Gasteiger partial charge on any atom is -0.444 e. The first-order valence-electron chi connectivity index (χ1n) is 7.87. The fourth-order valence-electron chi connectivity index (χ4n) is 2.71. The van der Waals surface area contributed by atoms with Gasteiger partial charge in [-0.1, -0.05) is 30.3 Å². The highest BCUT2D eigenvalue weighted by Crippen LogP contribution is 2.21. The van der Waals surface area contributed by atoms with Crippen LogP contribution in [0.15, 0.2) is 30.3 Å². The summed E-state index contributed by atoms with van der Waals surface area (Å²) in [6.07, 6.45) is -0.226. The molecule has 1 fully saturated rings. The van der Waals surface area contributed by atoms with Gasteiger partial charge in [-0.05, 0) is 26.3 Å². The van der Waals surface area contributed by atoms with E-state index in [-0.39, 0.29) is 12.1 Å². The Balaban J connectivity index is 1.92. The Labute approximate surface area is 133 Å². The molecule has 1 atom stereocenters. The van der Waals surface area contributed by atoms with Crippen LogP contribution in [-0.2, 0) is 4.74 Å². The van der Waals surface area contributed by atoms with Crippen LogP contribution < -0.4 is 5.73 Å². The SMILES string of the molecule is CC(C)(C)OC(=O)N1CCN([C@@H](CN)c2ccccc2)CC1. The lowest BCUT2D eigenvalue weighted by atomic mass is 10.0. The van der Waals surface area contributed by atoms with Crippen LogP contribution in [0.3, 0.4) is 0 Å². The number of hydrogen-bond acceptors (Lipinski definition) is 4. The number of nitrogens with two attached hydrogens (primary N) is 1. The Kier molecular flexibility index (Phi) is 5.42. The minimum atomic E-state index is -0.446. The molecule has 0 bridgehead atoms. The Morgan fingerprint density at radius 2 is 1.77 bits per heavy atom. The van der Waals surface area contributed by atoms with Crippen molar-refractivity contribution >= 4 is 6.09 Å². The normalized spacial score (nSPS) is 18.1. The molecule has 122 valence electrons. The summed E-state index contributed by atoms with van der Waals surface area (Å²) >= 11 is 0. The van der Waals surface area contributed by atoms with Gasteiger partial charge in [0.15, 0.2) is 0 Å². The second kappa shape index (κ2) is 7.11. The van der Waals surface area contributed by atoms with Gasteiger partial charge in [0, 0.05) is 38.8 Å². The third-order valence-electron chi connectivity index (χ3n) is 3.81. The monoisotopic (exact) mass is 305 g/mol. The Morgan fingerprint density at radius 1 is 1.18 bits per heavy atom. The predicted octanol–water partition coefficient (Wildman–Crippen LogP) is 2.24. The van der Waals surface area contributed by atoms with E-state index in [9.17, 15) is 4.79 Å². The third kappa shape index (κ3) is 4.45. The van der Waals surface area contributed by atoms with Gasteiger partial charge in [0.05, 0.1) is 0 Å². The van der Waals surface area contributed by atoms with Crippen LogP contribution in [-0.4, -0.2) is 54.2 Å². The van der Waals surface area contributed by atoms with Crippen LogP contribution in [0.25, 0.3) is 0 Å². The topological polar surface area (TPSA) is 58.8 Å². The molecule has 1 aromatic rings. The molecule has 1 heterocycles. The van der Waals surface area contributed by atoms with Crippen LogP contribution in [0.5, 0.6) is 0 Å². The molecule has 1 saturated heterocycles. The molecule has 22 heavy (non-hydrogen) atoms. The first-order chi connectivity index (χ1) is 10.4. The molecule has 2 rings (SSSR count). The van der Waals surface area contributed by atoms with Crippen molar-refractivity contribution in [1.29, 1.82) is 0 Å². The van der Waals surface area contributed by atoms with Crippen molar-refractivity contribution in [2.75, 3.05) is 32.7 Å². The van der Waals surface area contributed by atoms with Gasteiger partial charge >= 0.3 is 6.09 Å². The molecule has 1 aliphatic rings. The summed E-state index contributed by atoms with van der Waals surface area (Å²) in [4.78, 5) is 16.2. The highest BCUT2D eigenvalue weighted by atomic mass is 16.6. The van der Waals surface area contributed by atoms with Gasteiger partial charge in [-0.25, -0.2) is 4.79 Å². The number of carbonyl (C=O) groups is 1. The summed E-state index contributed by atoms with van der Waals surface area (Å²) < 4.78 is 5.43. The van der Waals surface area contributed by atoms with Crippen molar-refractivity contribution in [3.63, 3.8) is 0 Å². The average molecular weight is 305 g/mol. The zero-order chi connectivity index (χ0) is 16.2. The summed E-state index contributed by atoms with van der Waals surface area (Å²) in [5.41, 5.74) is 6.75. The van der Waals surface area contributed by atoms with Gasteiger partial charge in [0.2, 0.25) is 0 Å². The van der Waals surface area contributed by atoms with E-state index in [2.05, 4.69) is 17.0 Å². The molecule has 1 aliphatic heterocycles. The van der Waals surface area contributed by atoms with Crippen molar-refractivity contribution < 1.29 is 9.53 Å². The molecule has 1 aromatic carbocycles. The molecule has 0 spiro atoms. The van der Waals surface area contributed by atoms with Crippen LogP contribution in [0.4, 0.5) is 4.79 Å². The van der Waals surface area contributed by atoms with Crippen molar-refractivity contribution in [2.24, 2.45) is 5.73 Å². The number of rotatable bonds is 3. The summed E-state index contributed by atoms with van der Waals surface area (Å²) in [5.74, 6) is 0. The van der Waals surface area contributed by atoms with Gasteiger partial charge < -0.3 is 15.4 Å². The fraction of sp³-hybridized carbons (Fsp3) is 0.588. The molecule has 1 amide bonds. The molecule has 5 nitrogen and oxygen atoms in total. The number of carbonyl (C=O) groups excluding carboxylic acids is 1. The summed E-state index contributed by atoms with van der Waals surface area (Å²) in [7, 11) is 0. The Bertz CT molecular complexity index is 476. The highest BCUT2D eigenvalue weighted by Gasteiger charge is 2.28. The standard InChI is InChI=1S/C17H27N3O2/c1-17(2,3)22-16(21)20-11-9-19(10-12-20)15(13-18)14-7-5-4-6-8-14/h4-8,15H,9-13,18H2,1-3H3/t15-/m0/s1. The lowest BCUT2D eigenvalue weighted by Gasteiger charge is -2.39.